The Morgan fingerprint density at radius 1 is 1.23 bits per heavy atom. The molecule has 0 spiro atoms. The fourth-order valence-electron chi connectivity index (χ4n) is 3.84. The van der Waals surface area contributed by atoms with E-state index in [1.54, 1.807) is 25.3 Å². The molecule has 0 saturated carbocycles. The molecule has 1 saturated heterocycles. The molecule has 1 aromatic carbocycles. The fourth-order valence-corrected chi connectivity index (χ4v) is 4.59. The molecule has 6 nitrogen and oxygen atoms in total. The number of rotatable bonds is 7. The number of aromatic nitrogens is 2. The van der Waals surface area contributed by atoms with Crippen molar-refractivity contribution in [2.75, 3.05) is 26.7 Å². The quantitative estimate of drug-likeness (QED) is 0.452. The summed E-state index contributed by atoms with van der Waals surface area (Å²) in [6, 6.07) is 6.43. The minimum atomic E-state index is -4.54. The lowest BCUT2D eigenvalue weighted by Gasteiger charge is -2.41. The molecule has 186 valence electrons. The first-order valence-corrected chi connectivity index (χ1v) is 11.7. The minimum Gasteiger partial charge on any atom is -0.490 e. The molecule has 1 aliphatic heterocycles. The number of carbonyl (C=O) groups excluding carboxylic acids is 1. The van der Waals surface area contributed by atoms with Crippen molar-refractivity contribution in [2.45, 2.75) is 31.7 Å². The first-order valence-electron chi connectivity index (χ1n) is 10.8. The van der Waals surface area contributed by atoms with Crippen molar-refractivity contribution in [3.63, 3.8) is 0 Å². The third kappa shape index (κ3) is 5.96. The van der Waals surface area contributed by atoms with Crippen LogP contribution in [0.15, 0.2) is 42.7 Å². The van der Waals surface area contributed by atoms with E-state index in [4.69, 9.17) is 4.74 Å². The van der Waals surface area contributed by atoms with Crippen LogP contribution in [0.25, 0.3) is 10.6 Å². The monoisotopic (exact) mass is 508 g/mol. The zero-order chi connectivity index (χ0) is 25.4. The van der Waals surface area contributed by atoms with E-state index in [0.717, 1.165) is 17.1 Å². The summed E-state index contributed by atoms with van der Waals surface area (Å²) in [5.41, 5.74) is -1.13. The summed E-state index contributed by atoms with van der Waals surface area (Å²) in [5, 5.41) is 3.45. The van der Waals surface area contributed by atoms with E-state index in [2.05, 4.69) is 15.3 Å². The molecule has 1 amide bonds. The highest BCUT2D eigenvalue weighted by Crippen LogP contribution is 2.32. The molecule has 1 unspecified atom stereocenters. The van der Waals surface area contributed by atoms with Crippen molar-refractivity contribution in [3.8, 4) is 16.3 Å². The summed E-state index contributed by atoms with van der Waals surface area (Å²) < 4.78 is 58.7. The zero-order valence-electron chi connectivity index (χ0n) is 19.3. The van der Waals surface area contributed by atoms with E-state index in [1.165, 1.54) is 23.5 Å². The number of amides is 1. The van der Waals surface area contributed by atoms with Gasteiger partial charge in [-0.15, -0.1) is 11.3 Å². The molecule has 1 atom stereocenters. The zero-order valence-corrected chi connectivity index (χ0v) is 20.1. The predicted octanol–water partition coefficient (Wildman–Crippen LogP) is 5.06. The fraction of sp³-hybridized carbons (Fsp3) is 0.375. The predicted molar refractivity (Wildman–Crippen MR) is 124 cm³/mol. The number of nitrogens with one attached hydrogen (secondary N) is 1. The van der Waals surface area contributed by atoms with Crippen LogP contribution >= 0.6 is 11.3 Å². The van der Waals surface area contributed by atoms with Crippen LogP contribution in [0.4, 0.5) is 17.6 Å². The SMILES string of the molecule is Cc1cnc(-c2cc(OCC3(F)CN(C)C3)cc(C(=O)NC(C)c3ccc(C(F)(F)F)nc3)c2)s1. The van der Waals surface area contributed by atoms with Crippen molar-refractivity contribution < 1.29 is 27.1 Å². The van der Waals surface area contributed by atoms with E-state index in [1.807, 2.05) is 18.9 Å². The van der Waals surface area contributed by atoms with Crippen LogP contribution in [-0.2, 0) is 6.18 Å². The van der Waals surface area contributed by atoms with Crippen LogP contribution in [0.3, 0.4) is 0 Å². The number of benzene rings is 1. The highest BCUT2D eigenvalue weighted by molar-refractivity contribution is 7.14. The van der Waals surface area contributed by atoms with Gasteiger partial charge in [-0.05, 0) is 50.7 Å². The second kappa shape index (κ2) is 9.54. The maximum Gasteiger partial charge on any atom is 0.433 e. The van der Waals surface area contributed by atoms with Gasteiger partial charge in [-0.1, -0.05) is 6.07 Å². The average molecular weight is 509 g/mol. The molecule has 0 bridgehead atoms. The van der Waals surface area contributed by atoms with E-state index in [9.17, 15) is 22.4 Å². The second-order valence-corrected chi connectivity index (χ2v) is 10.0. The molecular weight excluding hydrogens is 484 g/mol. The van der Waals surface area contributed by atoms with Crippen molar-refractivity contribution in [1.82, 2.24) is 20.2 Å². The van der Waals surface area contributed by atoms with Gasteiger partial charge >= 0.3 is 6.18 Å². The van der Waals surface area contributed by atoms with Gasteiger partial charge in [0.25, 0.3) is 5.91 Å². The van der Waals surface area contributed by atoms with Crippen molar-refractivity contribution in [2.24, 2.45) is 0 Å². The highest BCUT2D eigenvalue weighted by atomic mass is 32.1. The molecular formula is C24H24F4N4O2S. The van der Waals surface area contributed by atoms with E-state index in [0.29, 0.717) is 21.9 Å². The molecule has 1 aliphatic rings. The Balaban J connectivity index is 1.54. The van der Waals surface area contributed by atoms with Crippen molar-refractivity contribution in [3.05, 3.63) is 64.4 Å². The first kappa shape index (κ1) is 25.1. The molecule has 11 heteroatoms. The van der Waals surface area contributed by atoms with E-state index < -0.39 is 29.5 Å². The van der Waals surface area contributed by atoms with Gasteiger partial charge in [-0.3, -0.25) is 14.7 Å². The number of carbonyl (C=O) groups is 1. The number of alkyl halides is 4. The molecule has 3 aromatic rings. The Morgan fingerprint density at radius 3 is 2.54 bits per heavy atom. The Labute approximate surface area is 204 Å². The van der Waals surface area contributed by atoms with Crippen LogP contribution in [0.2, 0.25) is 0 Å². The summed E-state index contributed by atoms with van der Waals surface area (Å²) in [4.78, 5) is 23.7. The number of ether oxygens (including phenoxy) is 1. The standard InChI is InChI=1S/C24H24F4N4O2S/c1-14-9-30-22(35-14)18-6-17(7-19(8-18)34-13-23(25)11-32(3)12-23)21(33)31-15(2)16-4-5-20(29-10-16)24(26,27)28/h4-10,15H,11-13H2,1-3H3,(H,31,33). The van der Waals surface area contributed by atoms with Crippen LogP contribution in [0.5, 0.6) is 5.75 Å². The maximum absolute atomic E-state index is 14.7. The van der Waals surface area contributed by atoms with Gasteiger partial charge in [0, 0.05) is 41.5 Å². The number of likely N-dealkylation sites (tertiary alicyclic amines) is 1. The van der Waals surface area contributed by atoms with Gasteiger partial charge < -0.3 is 10.1 Å². The topological polar surface area (TPSA) is 67.3 Å². The normalized spacial score (nSPS) is 16.4. The van der Waals surface area contributed by atoms with Gasteiger partial charge in [0.15, 0.2) is 5.67 Å². The molecule has 2 aromatic heterocycles. The number of nitrogens with zero attached hydrogens (tertiary/aromatic N) is 3. The Bertz CT molecular complexity index is 1210. The van der Waals surface area contributed by atoms with Gasteiger partial charge in [0.1, 0.15) is 23.1 Å². The molecule has 3 heterocycles. The molecule has 1 N–H and O–H groups in total. The number of hydrogen-bond donors (Lipinski definition) is 1. The number of hydrogen-bond acceptors (Lipinski definition) is 6. The molecule has 0 radical (unpaired) electrons. The molecule has 35 heavy (non-hydrogen) atoms. The Kier molecular flexibility index (Phi) is 6.83. The van der Waals surface area contributed by atoms with Gasteiger partial charge in [-0.25, -0.2) is 9.37 Å². The Hall–Kier alpha value is -3.05. The Morgan fingerprint density at radius 2 is 1.97 bits per heavy atom. The lowest BCUT2D eigenvalue weighted by molar-refractivity contribution is -0.141. The molecule has 1 fully saturated rings. The van der Waals surface area contributed by atoms with Crippen LogP contribution in [0.1, 0.15) is 39.5 Å². The van der Waals surface area contributed by atoms with Crippen molar-refractivity contribution in [1.29, 1.82) is 0 Å². The van der Waals surface area contributed by atoms with Crippen LogP contribution in [-0.4, -0.2) is 53.2 Å². The summed E-state index contributed by atoms with van der Waals surface area (Å²) in [6.07, 6.45) is -1.73. The summed E-state index contributed by atoms with van der Waals surface area (Å²) in [6.45, 7) is 3.95. The lowest BCUT2D eigenvalue weighted by Crippen LogP contribution is -2.60. The van der Waals surface area contributed by atoms with Crippen LogP contribution < -0.4 is 10.1 Å². The van der Waals surface area contributed by atoms with E-state index >= 15 is 0 Å². The summed E-state index contributed by atoms with van der Waals surface area (Å²) >= 11 is 1.44. The number of pyridine rings is 1. The minimum absolute atomic E-state index is 0.146. The molecule has 0 aliphatic carbocycles. The largest absolute Gasteiger partial charge is 0.490 e. The number of aryl methyl sites for hydroxylation is 1. The second-order valence-electron chi connectivity index (χ2n) is 8.80. The van der Waals surface area contributed by atoms with Crippen LogP contribution in [0, 0.1) is 6.92 Å². The number of thiazole rings is 1. The third-order valence-electron chi connectivity index (χ3n) is 5.57. The third-order valence-corrected chi connectivity index (χ3v) is 6.53. The summed E-state index contributed by atoms with van der Waals surface area (Å²) in [5.74, 6) is -0.133. The van der Waals surface area contributed by atoms with Crippen molar-refractivity contribution >= 4 is 17.2 Å². The van der Waals surface area contributed by atoms with Gasteiger partial charge in [0.2, 0.25) is 0 Å². The number of halogens is 4. The van der Waals surface area contributed by atoms with Gasteiger partial charge in [0.05, 0.1) is 6.04 Å². The molecule has 4 rings (SSSR count). The lowest BCUT2D eigenvalue weighted by atomic mass is 9.98. The first-order chi connectivity index (χ1) is 16.4. The van der Waals surface area contributed by atoms with Gasteiger partial charge in [-0.2, -0.15) is 13.2 Å². The highest BCUT2D eigenvalue weighted by Gasteiger charge is 2.42. The maximum atomic E-state index is 14.7. The summed E-state index contributed by atoms with van der Waals surface area (Å²) in [7, 11) is 1.82. The average Bonchev–Trinajstić information content (AvgIpc) is 3.22. The smallest absolute Gasteiger partial charge is 0.433 e. The van der Waals surface area contributed by atoms with E-state index in [-0.39, 0.29) is 25.3 Å².